The number of hydrogen-bond donors (Lipinski definition) is 0. The van der Waals surface area contributed by atoms with E-state index in [0.29, 0.717) is 40.8 Å². The van der Waals surface area contributed by atoms with Gasteiger partial charge in [-0.2, -0.15) is 5.10 Å². The molecule has 0 aliphatic carbocycles. The van der Waals surface area contributed by atoms with Crippen LogP contribution < -0.4 is 5.56 Å². The van der Waals surface area contributed by atoms with Crippen molar-refractivity contribution < 1.29 is 4.74 Å². The lowest BCUT2D eigenvalue weighted by atomic mass is 10.0. The van der Waals surface area contributed by atoms with Gasteiger partial charge in [0.2, 0.25) is 0 Å². The maximum Gasteiger partial charge on any atom is 0.269 e. The summed E-state index contributed by atoms with van der Waals surface area (Å²) in [6, 6.07) is 25.7. The van der Waals surface area contributed by atoms with Gasteiger partial charge >= 0.3 is 0 Å². The monoisotopic (exact) mass is 482 g/mol. The average molecular weight is 483 g/mol. The van der Waals surface area contributed by atoms with E-state index in [1.165, 1.54) is 0 Å². The molecule has 3 heterocycles. The predicted octanol–water partition coefficient (Wildman–Crippen LogP) is 5.92. The van der Waals surface area contributed by atoms with E-state index in [-0.39, 0.29) is 11.6 Å². The molecule has 0 radical (unpaired) electrons. The van der Waals surface area contributed by atoms with Crippen LogP contribution in [0.1, 0.15) is 18.9 Å². The summed E-state index contributed by atoms with van der Waals surface area (Å²) in [5.74, 6) is 0.568. The fourth-order valence-corrected chi connectivity index (χ4v) is 4.77. The minimum Gasteiger partial charge on any atom is -0.381 e. The SMILES string of the molecule is O=c1c2cnn(C3CCOCC3)c2nc(-c2ccc(-c3ccccc3)cc2)n1-c1ccc(Cl)cc1. The van der Waals surface area contributed by atoms with Crippen LogP contribution in [0.3, 0.4) is 0 Å². The van der Waals surface area contributed by atoms with E-state index in [2.05, 4.69) is 29.4 Å². The van der Waals surface area contributed by atoms with Gasteiger partial charge in [0.05, 0.1) is 17.9 Å². The number of rotatable bonds is 4. The minimum atomic E-state index is -0.155. The van der Waals surface area contributed by atoms with Gasteiger partial charge in [-0.3, -0.25) is 9.36 Å². The van der Waals surface area contributed by atoms with E-state index in [1.54, 1.807) is 22.9 Å². The summed E-state index contributed by atoms with van der Waals surface area (Å²) < 4.78 is 9.06. The fourth-order valence-electron chi connectivity index (χ4n) is 4.65. The van der Waals surface area contributed by atoms with Crippen molar-refractivity contribution >= 4 is 22.6 Å². The first-order valence-electron chi connectivity index (χ1n) is 11.7. The van der Waals surface area contributed by atoms with Crippen LogP contribution in [0.4, 0.5) is 0 Å². The van der Waals surface area contributed by atoms with E-state index in [4.69, 9.17) is 21.3 Å². The second kappa shape index (κ2) is 9.13. The number of fused-ring (bicyclic) bond motifs is 1. The predicted molar refractivity (Wildman–Crippen MR) is 138 cm³/mol. The first kappa shape index (κ1) is 21.8. The van der Waals surface area contributed by atoms with Crippen LogP contribution in [-0.4, -0.2) is 32.5 Å². The van der Waals surface area contributed by atoms with Crippen molar-refractivity contribution in [2.75, 3.05) is 13.2 Å². The fraction of sp³-hybridized carbons (Fsp3) is 0.179. The van der Waals surface area contributed by atoms with Crippen molar-refractivity contribution in [2.45, 2.75) is 18.9 Å². The molecule has 0 atom stereocenters. The van der Waals surface area contributed by atoms with Gasteiger partial charge in [-0.1, -0.05) is 66.2 Å². The Bertz CT molecular complexity index is 1540. The molecule has 0 unspecified atom stereocenters. The number of benzene rings is 3. The highest BCUT2D eigenvalue weighted by Gasteiger charge is 2.23. The molecule has 35 heavy (non-hydrogen) atoms. The topological polar surface area (TPSA) is 61.9 Å². The van der Waals surface area contributed by atoms with Gasteiger partial charge in [0.25, 0.3) is 5.56 Å². The Balaban J connectivity index is 1.54. The molecule has 5 aromatic rings. The molecular formula is C28H23ClN4O2. The molecule has 1 fully saturated rings. The molecule has 0 N–H and O–H groups in total. The molecule has 0 saturated carbocycles. The van der Waals surface area contributed by atoms with Crippen LogP contribution in [0.15, 0.2) is 89.9 Å². The summed E-state index contributed by atoms with van der Waals surface area (Å²) in [5.41, 5.74) is 4.23. The van der Waals surface area contributed by atoms with Crippen molar-refractivity contribution in [1.29, 1.82) is 0 Å². The molecule has 6 nitrogen and oxygen atoms in total. The summed E-state index contributed by atoms with van der Waals surface area (Å²) in [5, 5.41) is 5.69. The smallest absolute Gasteiger partial charge is 0.269 e. The van der Waals surface area contributed by atoms with Crippen LogP contribution in [0.25, 0.3) is 39.2 Å². The standard InChI is InChI=1S/C28H23ClN4O2/c29-22-10-12-23(13-11-22)32-26(21-8-6-20(7-9-21)19-4-2-1-3-5-19)31-27-25(28(32)34)18-30-33(27)24-14-16-35-17-15-24/h1-13,18,24H,14-17H2. The molecule has 7 heteroatoms. The highest BCUT2D eigenvalue weighted by atomic mass is 35.5. The van der Waals surface area contributed by atoms with Crippen LogP contribution >= 0.6 is 11.6 Å². The summed E-state index contributed by atoms with van der Waals surface area (Å²) in [4.78, 5) is 18.8. The maximum atomic E-state index is 13.8. The zero-order valence-corrected chi connectivity index (χ0v) is 19.7. The molecule has 0 amide bonds. The largest absolute Gasteiger partial charge is 0.381 e. The lowest BCUT2D eigenvalue weighted by molar-refractivity contribution is 0.0673. The van der Waals surface area contributed by atoms with Gasteiger partial charge in [0.1, 0.15) is 11.2 Å². The third-order valence-corrected chi connectivity index (χ3v) is 6.75. The third-order valence-electron chi connectivity index (χ3n) is 6.50. The molecule has 1 aliphatic heterocycles. The van der Waals surface area contributed by atoms with Gasteiger partial charge in [0, 0.05) is 23.8 Å². The molecule has 1 aliphatic rings. The molecule has 3 aromatic carbocycles. The highest BCUT2D eigenvalue weighted by Crippen LogP contribution is 2.28. The Labute approximate surface area is 207 Å². The zero-order chi connectivity index (χ0) is 23.8. The normalized spacial score (nSPS) is 14.4. The van der Waals surface area contributed by atoms with Crippen molar-refractivity contribution in [3.8, 4) is 28.2 Å². The van der Waals surface area contributed by atoms with E-state index < -0.39 is 0 Å². The quantitative estimate of drug-likeness (QED) is 0.319. The number of nitrogens with zero attached hydrogens (tertiary/aromatic N) is 4. The third kappa shape index (κ3) is 4.05. The van der Waals surface area contributed by atoms with Crippen molar-refractivity contribution in [3.05, 3.63) is 100 Å². The van der Waals surface area contributed by atoms with Crippen molar-refractivity contribution in [2.24, 2.45) is 0 Å². The summed E-state index contributed by atoms with van der Waals surface area (Å²) in [6.45, 7) is 1.36. The van der Waals surface area contributed by atoms with Gasteiger partial charge < -0.3 is 4.74 Å². The van der Waals surface area contributed by atoms with E-state index in [9.17, 15) is 4.79 Å². The van der Waals surface area contributed by atoms with E-state index in [1.807, 2.05) is 47.1 Å². The number of hydrogen-bond acceptors (Lipinski definition) is 4. The Hall–Kier alpha value is -3.74. The summed E-state index contributed by atoms with van der Waals surface area (Å²) in [7, 11) is 0. The van der Waals surface area contributed by atoms with Crippen molar-refractivity contribution in [1.82, 2.24) is 19.3 Å². The van der Waals surface area contributed by atoms with Gasteiger partial charge in [0.15, 0.2) is 5.65 Å². The molecular weight excluding hydrogens is 460 g/mol. The zero-order valence-electron chi connectivity index (χ0n) is 19.0. The van der Waals surface area contributed by atoms with Gasteiger partial charge in [-0.15, -0.1) is 0 Å². The van der Waals surface area contributed by atoms with Crippen LogP contribution in [0, 0.1) is 0 Å². The first-order chi connectivity index (χ1) is 17.2. The molecule has 0 bridgehead atoms. The lowest BCUT2D eigenvalue weighted by Crippen LogP contribution is -2.24. The molecule has 0 spiro atoms. The molecule has 174 valence electrons. The Kier molecular flexibility index (Phi) is 5.68. The maximum absolute atomic E-state index is 13.8. The van der Waals surface area contributed by atoms with E-state index >= 15 is 0 Å². The van der Waals surface area contributed by atoms with E-state index in [0.717, 1.165) is 29.5 Å². The highest BCUT2D eigenvalue weighted by molar-refractivity contribution is 6.30. The second-order valence-corrected chi connectivity index (χ2v) is 9.10. The molecule has 2 aromatic heterocycles. The Morgan fingerprint density at radius 2 is 1.49 bits per heavy atom. The van der Waals surface area contributed by atoms with Crippen molar-refractivity contribution in [3.63, 3.8) is 0 Å². The minimum absolute atomic E-state index is 0.155. The van der Waals surface area contributed by atoms with Gasteiger partial charge in [-0.05, 0) is 48.2 Å². The number of aromatic nitrogens is 4. The summed E-state index contributed by atoms with van der Waals surface area (Å²) in [6.07, 6.45) is 3.33. The van der Waals surface area contributed by atoms with Gasteiger partial charge in [-0.25, -0.2) is 9.67 Å². The Morgan fingerprint density at radius 3 is 2.20 bits per heavy atom. The second-order valence-electron chi connectivity index (χ2n) is 8.67. The van der Waals surface area contributed by atoms with Crippen LogP contribution in [-0.2, 0) is 4.74 Å². The Morgan fingerprint density at radius 1 is 0.829 bits per heavy atom. The number of ether oxygens (including phenoxy) is 1. The first-order valence-corrected chi connectivity index (χ1v) is 12.1. The lowest BCUT2D eigenvalue weighted by Gasteiger charge is -2.23. The van der Waals surface area contributed by atoms with Crippen LogP contribution in [0.5, 0.6) is 0 Å². The summed E-state index contributed by atoms with van der Waals surface area (Å²) >= 11 is 6.13. The average Bonchev–Trinajstić information content (AvgIpc) is 3.35. The molecule has 6 rings (SSSR count). The van der Waals surface area contributed by atoms with Crippen LogP contribution in [0.2, 0.25) is 5.02 Å². The number of halogens is 1. The molecule has 1 saturated heterocycles.